The van der Waals surface area contributed by atoms with Gasteiger partial charge in [-0.05, 0) is 98.5 Å². The van der Waals surface area contributed by atoms with Crippen molar-refractivity contribution in [1.29, 1.82) is 0 Å². The lowest BCUT2D eigenvalue weighted by Gasteiger charge is -2.26. The van der Waals surface area contributed by atoms with Crippen LogP contribution in [-0.2, 0) is 20.4 Å². The SMILES string of the molecule is CC(C)(Br)C(=O)Oc1ccc(C(C)(C)c2ccc(OC(=O)Oc3ccc(C(C)(C)c4ccc(OC(=O)C(C)(C)Br)cc4)cc3)cc2)cc1. The first-order valence-corrected chi connectivity index (χ1v) is 17.0. The van der Waals surface area contributed by atoms with Crippen LogP contribution in [0.3, 0.4) is 0 Å². The summed E-state index contributed by atoms with van der Waals surface area (Å²) in [5.41, 5.74) is 3.32. The van der Waals surface area contributed by atoms with Gasteiger partial charge in [-0.2, -0.15) is 0 Å². The fraction of sp³-hybridized carbons (Fsp3) is 0.308. The highest BCUT2D eigenvalue weighted by molar-refractivity contribution is 9.10. The molecule has 0 radical (unpaired) electrons. The van der Waals surface area contributed by atoms with E-state index in [1.54, 1.807) is 76.2 Å². The summed E-state index contributed by atoms with van der Waals surface area (Å²) < 4.78 is 20.2. The van der Waals surface area contributed by atoms with Gasteiger partial charge in [-0.15, -0.1) is 0 Å². The van der Waals surface area contributed by atoms with Gasteiger partial charge in [-0.25, -0.2) is 4.79 Å². The minimum Gasteiger partial charge on any atom is -0.426 e. The number of halogens is 2. The minimum atomic E-state index is -0.845. The normalized spacial score (nSPS) is 12.2. The van der Waals surface area contributed by atoms with Crippen molar-refractivity contribution in [3.05, 3.63) is 119 Å². The number of ether oxygens (including phenoxy) is 4. The van der Waals surface area contributed by atoms with E-state index in [2.05, 4.69) is 59.6 Å². The molecule has 4 aromatic carbocycles. The largest absolute Gasteiger partial charge is 0.519 e. The lowest BCUT2D eigenvalue weighted by Crippen LogP contribution is -2.29. The minimum absolute atomic E-state index is 0.353. The van der Waals surface area contributed by atoms with E-state index in [9.17, 15) is 14.4 Å². The number of rotatable bonds is 10. The Kier molecular flexibility index (Phi) is 11.0. The quantitative estimate of drug-likeness (QED) is 0.0685. The summed E-state index contributed by atoms with van der Waals surface area (Å²) in [4.78, 5) is 37.0. The lowest BCUT2D eigenvalue weighted by molar-refractivity contribution is -0.136. The second-order valence-corrected chi connectivity index (χ2v) is 17.5. The molecule has 4 rings (SSSR count). The maximum Gasteiger partial charge on any atom is 0.519 e. The molecule has 0 N–H and O–H groups in total. The molecule has 0 saturated carbocycles. The van der Waals surface area contributed by atoms with Crippen LogP contribution in [0, 0.1) is 0 Å². The van der Waals surface area contributed by atoms with Crippen molar-refractivity contribution in [2.45, 2.75) is 74.9 Å². The first kappa shape index (κ1) is 36.9. The number of alkyl halides is 2. The molecular weight excluding hydrogens is 740 g/mol. The van der Waals surface area contributed by atoms with Crippen LogP contribution in [0.15, 0.2) is 97.1 Å². The predicted octanol–water partition coefficient (Wildman–Crippen LogP) is 10.1. The third-order valence-corrected chi connectivity index (χ3v) is 8.75. The summed E-state index contributed by atoms with van der Waals surface area (Å²) in [6, 6.07) is 29.3. The molecule has 0 heterocycles. The fourth-order valence-electron chi connectivity index (χ4n) is 4.76. The molecule has 0 bridgehead atoms. The third kappa shape index (κ3) is 9.14. The van der Waals surface area contributed by atoms with Gasteiger partial charge in [0.05, 0.1) is 0 Å². The highest BCUT2D eigenvalue weighted by atomic mass is 79.9. The molecule has 0 aromatic heterocycles. The van der Waals surface area contributed by atoms with Crippen LogP contribution in [0.5, 0.6) is 23.0 Å². The van der Waals surface area contributed by atoms with Gasteiger partial charge in [0.2, 0.25) is 0 Å². The molecule has 0 aliphatic carbocycles. The third-order valence-electron chi connectivity index (χ3n) is 8.10. The topological polar surface area (TPSA) is 88.1 Å². The standard InChI is InChI=1S/C39H40Br2O7/c1-36(2,25-9-17-29(18-10-25)45-33(42)38(5,6)40)27-13-21-31(22-14-27)47-35(44)48-32-23-15-28(16-24-32)37(3,4)26-11-19-30(20-12-26)46-34(43)39(7,8)41/h9-24H,1-8H3. The molecule has 0 amide bonds. The molecule has 0 saturated heterocycles. The smallest absolute Gasteiger partial charge is 0.426 e. The van der Waals surface area contributed by atoms with Gasteiger partial charge in [0, 0.05) is 10.8 Å². The highest BCUT2D eigenvalue weighted by Gasteiger charge is 2.29. The summed E-state index contributed by atoms with van der Waals surface area (Å²) >= 11 is 6.63. The zero-order chi connectivity index (χ0) is 35.5. The fourth-order valence-corrected chi connectivity index (χ4v) is 4.92. The molecule has 4 aromatic rings. The van der Waals surface area contributed by atoms with Gasteiger partial charge in [-0.1, -0.05) is 108 Å². The number of hydrogen-bond acceptors (Lipinski definition) is 7. The molecule has 0 spiro atoms. The van der Waals surface area contributed by atoms with Crippen LogP contribution in [-0.4, -0.2) is 26.7 Å². The number of carbonyl (C=O) groups excluding carboxylic acids is 3. The Hall–Kier alpha value is -3.95. The number of carbonyl (C=O) groups is 3. The molecule has 0 atom stereocenters. The van der Waals surface area contributed by atoms with E-state index < -0.39 is 14.8 Å². The van der Waals surface area contributed by atoms with E-state index in [4.69, 9.17) is 18.9 Å². The zero-order valence-electron chi connectivity index (χ0n) is 28.4. The molecule has 9 heteroatoms. The molecule has 0 fully saturated rings. The van der Waals surface area contributed by atoms with E-state index in [0.29, 0.717) is 23.0 Å². The van der Waals surface area contributed by atoms with E-state index in [-0.39, 0.29) is 22.8 Å². The molecular formula is C39H40Br2O7. The van der Waals surface area contributed by atoms with Crippen LogP contribution in [0.25, 0.3) is 0 Å². The highest BCUT2D eigenvalue weighted by Crippen LogP contribution is 2.35. The van der Waals surface area contributed by atoms with Crippen molar-refractivity contribution in [2.24, 2.45) is 0 Å². The van der Waals surface area contributed by atoms with Crippen LogP contribution >= 0.6 is 31.9 Å². The Bertz CT molecular complexity index is 1610. The summed E-state index contributed by atoms with van der Waals surface area (Å²) in [6.45, 7) is 15.3. The van der Waals surface area contributed by atoms with Gasteiger partial charge >= 0.3 is 18.1 Å². The van der Waals surface area contributed by atoms with Crippen molar-refractivity contribution < 1.29 is 33.3 Å². The first-order valence-electron chi connectivity index (χ1n) is 15.4. The van der Waals surface area contributed by atoms with E-state index >= 15 is 0 Å². The summed E-state index contributed by atoms with van der Waals surface area (Å²) in [7, 11) is 0. The molecule has 0 aliphatic rings. The monoisotopic (exact) mass is 778 g/mol. The van der Waals surface area contributed by atoms with Crippen LogP contribution in [0.1, 0.15) is 77.6 Å². The summed E-state index contributed by atoms with van der Waals surface area (Å²) in [5.74, 6) is 0.905. The molecule has 48 heavy (non-hydrogen) atoms. The average Bonchev–Trinajstić information content (AvgIpc) is 3.01. The molecule has 7 nitrogen and oxygen atoms in total. The van der Waals surface area contributed by atoms with Crippen LogP contribution in [0.4, 0.5) is 4.79 Å². The zero-order valence-corrected chi connectivity index (χ0v) is 31.5. The lowest BCUT2D eigenvalue weighted by atomic mass is 9.78. The molecule has 0 unspecified atom stereocenters. The average molecular weight is 781 g/mol. The van der Waals surface area contributed by atoms with Crippen molar-refractivity contribution in [3.63, 3.8) is 0 Å². The number of esters is 2. The molecule has 0 aliphatic heterocycles. The van der Waals surface area contributed by atoms with E-state index in [1.165, 1.54) is 0 Å². The van der Waals surface area contributed by atoms with E-state index in [0.717, 1.165) is 22.3 Å². The van der Waals surface area contributed by atoms with Gasteiger partial charge in [-0.3, -0.25) is 9.59 Å². The van der Waals surface area contributed by atoms with Crippen molar-refractivity contribution in [2.75, 3.05) is 0 Å². The molecule has 252 valence electrons. The van der Waals surface area contributed by atoms with E-state index in [1.807, 2.05) is 48.5 Å². The predicted molar refractivity (Wildman–Crippen MR) is 194 cm³/mol. The second kappa shape index (κ2) is 14.3. The van der Waals surface area contributed by atoms with Gasteiger partial charge in [0.15, 0.2) is 0 Å². The van der Waals surface area contributed by atoms with Crippen molar-refractivity contribution in [3.8, 4) is 23.0 Å². The van der Waals surface area contributed by atoms with Crippen LogP contribution < -0.4 is 18.9 Å². The van der Waals surface area contributed by atoms with Gasteiger partial charge in [0.1, 0.15) is 31.6 Å². The van der Waals surface area contributed by atoms with Crippen molar-refractivity contribution in [1.82, 2.24) is 0 Å². The Morgan fingerprint density at radius 1 is 0.396 bits per heavy atom. The Morgan fingerprint density at radius 2 is 0.604 bits per heavy atom. The Balaban J connectivity index is 1.35. The van der Waals surface area contributed by atoms with Gasteiger partial charge in [0.25, 0.3) is 0 Å². The maximum atomic E-state index is 12.6. The second-order valence-electron chi connectivity index (χ2n) is 13.5. The number of hydrogen-bond donors (Lipinski definition) is 0. The van der Waals surface area contributed by atoms with Crippen LogP contribution in [0.2, 0.25) is 0 Å². The Morgan fingerprint density at radius 3 is 0.812 bits per heavy atom. The van der Waals surface area contributed by atoms with Crippen molar-refractivity contribution >= 4 is 50.0 Å². The maximum absolute atomic E-state index is 12.6. The summed E-state index contributed by atoms with van der Waals surface area (Å²) in [6.07, 6.45) is -0.845. The summed E-state index contributed by atoms with van der Waals surface area (Å²) in [5, 5.41) is 0. The number of benzene rings is 4. The first-order chi connectivity index (χ1) is 22.3. The Labute approximate surface area is 299 Å². The van der Waals surface area contributed by atoms with Gasteiger partial charge < -0.3 is 18.9 Å².